The van der Waals surface area contributed by atoms with Crippen LogP contribution in [0.25, 0.3) is 0 Å². The standard InChI is InChI=1S/C16H23BrN2O.ClH/c1-11(9-12-5-2-3-8-15(12)17)19-16(20)14-7-4-6-13(14)10-18;/h2-3,5,8,11,13-14H,4,6-7,9-10,18H2,1H3,(H,19,20);1H/t11?,13-,14-;/m1./s1. The number of hydrogen-bond acceptors (Lipinski definition) is 2. The van der Waals surface area contributed by atoms with Gasteiger partial charge in [-0.25, -0.2) is 0 Å². The van der Waals surface area contributed by atoms with E-state index in [2.05, 4.69) is 34.2 Å². The molecule has 0 aromatic heterocycles. The number of carbonyl (C=O) groups excluding carboxylic acids is 1. The van der Waals surface area contributed by atoms with E-state index in [1.165, 1.54) is 5.56 Å². The molecule has 0 heterocycles. The zero-order chi connectivity index (χ0) is 14.5. The van der Waals surface area contributed by atoms with Gasteiger partial charge in [0.1, 0.15) is 0 Å². The third-order valence-corrected chi connectivity index (χ3v) is 4.94. The first-order chi connectivity index (χ1) is 9.61. The first-order valence-corrected chi connectivity index (χ1v) is 8.15. The smallest absolute Gasteiger partial charge is 0.223 e. The summed E-state index contributed by atoms with van der Waals surface area (Å²) >= 11 is 3.55. The van der Waals surface area contributed by atoms with Gasteiger partial charge in [0.05, 0.1) is 0 Å². The number of nitrogens with one attached hydrogen (secondary N) is 1. The number of benzene rings is 1. The third kappa shape index (κ3) is 4.97. The summed E-state index contributed by atoms with van der Waals surface area (Å²) in [5, 5.41) is 3.15. The summed E-state index contributed by atoms with van der Waals surface area (Å²) in [6, 6.07) is 8.29. The molecule has 0 radical (unpaired) electrons. The maximum atomic E-state index is 12.3. The van der Waals surface area contributed by atoms with E-state index in [9.17, 15) is 4.79 Å². The summed E-state index contributed by atoms with van der Waals surface area (Å²) in [6.07, 6.45) is 4.04. The molecule has 0 spiro atoms. The van der Waals surface area contributed by atoms with Gasteiger partial charge in [-0.3, -0.25) is 4.79 Å². The molecule has 1 aromatic carbocycles. The van der Waals surface area contributed by atoms with Gasteiger partial charge in [0.25, 0.3) is 0 Å². The van der Waals surface area contributed by atoms with Crippen LogP contribution in [0.3, 0.4) is 0 Å². The van der Waals surface area contributed by atoms with E-state index >= 15 is 0 Å². The third-order valence-electron chi connectivity index (χ3n) is 4.17. The van der Waals surface area contributed by atoms with Gasteiger partial charge in [-0.2, -0.15) is 0 Å². The molecule has 1 aliphatic carbocycles. The highest BCUT2D eigenvalue weighted by molar-refractivity contribution is 9.10. The van der Waals surface area contributed by atoms with Crippen molar-refractivity contribution in [3.63, 3.8) is 0 Å². The van der Waals surface area contributed by atoms with Gasteiger partial charge in [-0.05, 0) is 50.3 Å². The number of amides is 1. The molecular formula is C16H24BrClN2O. The fourth-order valence-electron chi connectivity index (χ4n) is 3.06. The van der Waals surface area contributed by atoms with Crippen LogP contribution < -0.4 is 11.1 Å². The van der Waals surface area contributed by atoms with E-state index in [0.29, 0.717) is 12.5 Å². The van der Waals surface area contributed by atoms with E-state index in [1.54, 1.807) is 0 Å². The van der Waals surface area contributed by atoms with Gasteiger partial charge in [-0.1, -0.05) is 40.5 Å². The Labute approximate surface area is 141 Å². The molecule has 3 nitrogen and oxygen atoms in total. The van der Waals surface area contributed by atoms with Crippen LogP contribution in [0.4, 0.5) is 0 Å². The molecule has 3 N–H and O–H groups in total. The Bertz CT molecular complexity index is 469. The Morgan fingerprint density at radius 1 is 1.43 bits per heavy atom. The van der Waals surface area contributed by atoms with Crippen molar-refractivity contribution in [1.29, 1.82) is 0 Å². The highest BCUT2D eigenvalue weighted by Crippen LogP contribution is 2.31. The predicted octanol–water partition coefficient (Wildman–Crippen LogP) is 3.29. The van der Waals surface area contributed by atoms with E-state index in [4.69, 9.17) is 5.73 Å². The molecule has 1 amide bonds. The summed E-state index contributed by atoms with van der Waals surface area (Å²) < 4.78 is 1.10. The van der Waals surface area contributed by atoms with Gasteiger partial charge < -0.3 is 11.1 Å². The highest BCUT2D eigenvalue weighted by atomic mass is 79.9. The van der Waals surface area contributed by atoms with Crippen LogP contribution in [-0.2, 0) is 11.2 Å². The van der Waals surface area contributed by atoms with Crippen LogP contribution in [0.2, 0.25) is 0 Å². The van der Waals surface area contributed by atoms with Crippen molar-refractivity contribution in [3.05, 3.63) is 34.3 Å². The zero-order valence-corrected chi connectivity index (χ0v) is 14.8. The molecule has 3 atom stereocenters. The Morgan fingerprint density at radius 2 is 2.14 bits per heavy atom. The average molecular weight is 376 g/mol. The van der Waals surface area contributed by atoms with Crippen molar-refractivity contribution in [1.82, 2.24) is 5.32 Å². The molecule has 2 rings (SSSR count). The molecule has 1 saturated carbocycles. The van der Waals surface area contributed by atoms with Crippen molar-refractivity contribution in [2.45, 2.75) is 38.6 Å². The second-order valence-corrected chi connectivity index (χ2v) is 6.59. The molecule has 0 saturated heterocycles. The fraction of sp³-hybridized carbons (Fsp3) is 0.562. The van der Waals surface area contributed by atoms with Gasteiger partial charge in [0.2, 0.25) is 5.91 Å². The molecule has 118 valence electrons. The van der Waals surface area contributed by atoms with Crippen molar-refractivity contribution < 1.29 is 4.79 Å². The molecule has 1 fully saturated rings. The largest absolute Gasteiger partial charge is 0.353 e. The number of carbonyl (C=O) groups is 1. The summed E-state index contributed by atoms with van der Waals surface area (Å²) in [6.45, 7) is 2.68. The lowest BCUT2D eigenvalue weighted by Gasteiger charge is -2.21. The van der Waals surface area contributed by atoms with Gasteiger partial charge in [-0.15, -0.1) is 12.4 Å². The minimum atomic E-state index is 0. The maximum absolute atomic E-state index is 12.3. The average Bonchev–Trinajstić information content (AvgIpc) is 2.89. The SMILES string of the molecule is CC(Cc1ccccc1Br)NC(=O)[C@@H]1CCC[C@@H]1CN.Cl. The number of hydrogen-bond donors (Lipinski definition) is 2. The second-order valence-electron chi connectivity index (χ2n) is 5.74. The van der Waals surface area contributed by atoms with E-state index in [1.807, 2.05) is 18.2 Å². The minimum Gasteiger partial charge on any atom is -0.353 e. The number of nitrogens with two attached hydrogens (primary N) is 1. The van der Waals surface area contributed by atoms with Crippen LogP contribution in [-0.4, -0.2) is 18.5 Å². The van der Waals surface area contributed by atoms with Crippen LogP contribution in [0, 0.1) is 11.8 Å². The Morgan fingerprint density at radius 3 is 2.81 bits per heavy atom. The minimum absolute atomic E-state index is 0. The lowest BCUT2D eigenvalue weighted by molar-refractivity contribution is -0.126. The molecule has 5 heteroatoms. The quantitative estimate of drug-likeness (QED) is 0.829. The van der Waals surface area contributed by atoms with Crippen LogP contribution >= 0.6 is 28.3 Å². The topological polar surface area (TPSA) is 55.1 Å². The molecule has 0 aliphatic heterocycles. The van der Waals surface area contributed by atoms with E-state index in [0.717, 1.165) is 30.2 Å². The zero-order valence-electron chi connectivity index (χ0n) is 12.3. The molecule has 21 heavy (non-hydrogen) atoms. The Hall–Kier alpha value is -0.580. The number of rotatable bonds is 5. The van der Waals surface area contributed by atoms with Gasteiger partial charge >= 0.3 is 0 Å². The number of halogens is 2. The van der Waals surface area contributed by atoms with Crippen molar-refractivity contribution >= 4 is 34.2 Å². The summed E-state index contributed by atoms with van der Waals surface area (Å²) in [7, 11) is 0. The second kappa shape index (κ2) is 8.76. The lowest BCUT2D eigenvalue weighted by atomic mass is 9.95. The summed E-state index contributed by atoms with van der Waals surface area (Å²) in [5.74, 6) is 0.657. The lowest BCUT2D eigenvalue weighted by Crippen LogP contribution is -2.40. The van der Waals surface area contributed by atoms with Crippen molar-refractivity contribution in [2.24, 2.45) is 17.6 Å². The predicted molar refractivity (Wildman–Crippen MR) is 92.6 cm³/mol. The van der Waals surface area contributed by atoms with E-state index in [-0.39, 0.29) is 30.3 Å². The Balaban J connectivity index is 0.00000220. The normalized spacial score (nSPS) is 22.4. The fourth-order valence-corrected chi connectivity index (χ4v) is 3.51. The molecule has 1 aromatic rings. The first kappa shape index (κ1) is 18.5. The molecule has 0 bridgehead atoms. The van der Waals surface area contributed by atoms with Crippen LogP contribution in [0.1, 0.15) is 31.7 Å². The van der Waals surface area contributed by atoms with Crippen molar-refractivity contribution in [3.8, 4) is 0 Å². The van der Waals surface area contributed by atoms with Crippen molar-refractivity contribution in [2.75, 3.05) is 6.54 Å². The highest BCUT2D eigenvalue weighted by Gasteiger charge is 2.32. The molecular weight excluding hydrogens is 352 g/mol. The molecule has 1 aliphatic rings. The first-order valence-electron chi connectivity index (χ1n) is 7.35. The monoisotopic (exact) mass is 374 g/mol. The Kier molecular flexibility index (Phi) is 7.71. The molecule has 1 unspecified atom stereocenters. The van der Waals surface area contributed by atoms with Gasteiger partial charge in [0.15, 0.2) is 0 Å². The summed E-state index contributed by atoms with van der Waals surface area (Å²) in [4.78, 5) is 12.3. The summed E-state index contributed by atoms with van der Waals surface area (Å²) in [5.41, 5.74) is 6.97. The maximum Gasteiger partial charge on any atom is 0.223 e. The van der Waals surface area contributed by atoms with Crippen LogP contribution in [0.5, 0.6) is 0 Å². The van der Waals surface area contributed by atoms with Gasteiger partial charge in [0, 0.05) is 16.4 Å². The van der Waals surface area contributed by atoms with E-state index < -0.39 is 0 Å². The van der Waals surface area contributed by atoms with Crippen LogP contribution in [0.15, 0.2) is 28.7 Å².